The number of hydrogen-bond donors (Lipinski definition) is 1. The molecular formula is C13H6Cl4O2. The van der Waals surface area contributed by atoms with E-state index >= 15 is 0 Å². The summed E-state index contributed by atoms with van der Waals surface area (Å²) in [6.45, 7) is 0. The SMILES string of the molecule is O=C(O)c1cc(Cl)ccc1-c1cc(Cl)c(Cl)cc1Cl. The van der Waals surface area contributed by atoms with Crippen molar-refractivity contribution in [2.75, 3.05) is 0 Å². The molecule has 98 valence electrons. The fourth-order valence-electron chi connectivity index (χ4n) is 1.66. The number of carboxylic acid groups (broad SMARTS) is 1. The zero-order valence-corrected chi connectivity index (χ0v) is 12.3. The second-order valence-electron chi connectivity index (χ2n) is 3.74. The summed E-state index contributed by atoms with van der Waals surface area (Å²) in [4.78, 5) is 11.2. The Morgan fingerprint density at radius 1 is 0.842 bits per heavy atom. The topological polar surface area (TPSA) is 37.3 Å². The number of halogens is 4. The smallest absolute Gasteiger partial charge is 0.336 e. The fraction of sp³-hybridized carbons (Fsp3) is 0. The first-order valence-corrected chi connectivity index (χ1v) is 6.59. The standard InChI is InChI=1S/C13H6Cl4O2/c14-6-1-2-7(9(3-6)13(18)19)8-4-11(16)12(17)5-10(8)15/h1-5H,(H,18,19). The van der Waals surface area contributed by atoms with E-state index < -0.39 is 5.97 Å². The molecule has 0 fully saturated rings. The van der Waals surface area contributed by atoms with Gasteiger partial charge in [-0.2, -0.15) is 0 Å². The summed E-state index contributed by atoms with van der Waals surface area (Å²) in [6, 6.07) is 7.53. The van der Waals surface area contributed by atoms with Crippen molar-refractivity contribution >= 4 is 52.4 Å². The average molecular weight is 336 g/mol. The number of carbonyl (C=O) groups is 1. The van der Waals surface area contributed by atoms with Gasteiger partial charge < -0.3 is 5.11 Å². The normalized spacial score (nSPS) is 10.5. The summed E-state index contributed by atoms with van der Waals surface area (Å²) in [5.74, 6) is -1.10. The first-order chi connectivity index (χ1) is 8.90. The molecule has 1 N–H and O–H groups in total. The molecule has 6 heteroatoms. The Balaban J connectivity index is 2.72. The molecule has 0 radical (unpaired) electrons. The van der Waals surface area contributed by atoms with Crippen LogP contribution in [0.3, 0.4) is 0 Å². The molecular weight excluding hydrogens is 330 g/mol. The van der Waals surface area contributed by atoms with Crippen LogP contribution < -0.4 is 0 Å². The van der Waals surface area contributed by atoms with Crippen LogP contribution in [-0.4, -0.2) is 11.1 Å². The Bertz CT molecular complexity index is 668. The molecule has 0 aliphatic carbocycles. The third kappa shape index (κ3) is 2.98. The first kappa shape index (κ1) is 14.5. The monoisotopic (exact) mass is 334 g/mol. The van der Waals surface area contributed by atoms with Gasteiger partial charge in [-0.25, -0.2) is 4.79 Å². The van der Waals surface area contributed by atoms with E-state index in [-0.39, 0.29) is 5.56 Å². The molecule has 0 amide bonds. The molecule has 0 bridgehead atoms. The van der Waals surface area contributed by atoms with E-state index in [9.17, 15) is 9.90 Å². The lowest BCUT2D eigenvalue weighted by Gasteiger charge is -2.10. The lowest BCUT2D eigenvalue weighted by Crippen LogP contribution is -1.99. The summed E-state index contributed by atoms with van der Waals surface area (Å²) < 4.78 is 0. The first-order valence-electron chi connectivity index (χ1n) is 5.08. The second-order valence-corrected chi connectivity index (χ2v) is 5.40. The van der Waals surface area contributed by atoms with Gasteiger partial charge in [0.2, 0.25) is 0 Å². The van der Waals surface area contributed by atoms with Gasteiger partial charge in [-0.1, -0.05) is 52.5 Å². The van der Waals surface area contributed by atoms with E-state index in [1.807, 2.05) is 0 Å². The van der Waals surface area contributed by atoms with Gasteiger partial charge in [-0.3, -0.25) is 0 Å². The Labute approximate surface area is 129 Å². The van der Waals surface area contributed by atoms with Crippen LogP contribution in [0, 0.1) is 0 Å². The molecule has 19 heavy (non-hydrogen) atoms. The largest absolute Gasteiger partial charge is 0.478 e. The molecule has 0 aromatic heterocycles. The third-order valence-corrected chi connectivity index (χ3v) is 3.78. The Morgan fingerprint density at radius 2 is 1.47 bits per heavy atom. The number of benzene rings is 2. The Morgan fingerprint density at radius 3 is 2.11 bits per heavy atom. The lowest BCUT2D eigenvalue weighted by molar-refractivity contribution is 0.0697. The van der Waals surface area contributed by atoms with Crippen LogP contribution in [0.1, 0.15) is 10.4 Å². The van der Waals surface area contributed by atoms with Crippen molar-refractivity contribution in [2.24, 2.45) is 0 Å². The zero-order valence-electron chi connectivity index (χ0n) is 9.25. The van der Waals surface area contributed by atoms with Crippen molar-refractivity contribution in [3.05, 3.63) is 56.0 Å². The van der Waals surface area contributed by atoms with Gasteiger partial charge >= 0.3 is 5.97 Å². The zero-order chi connectivity index (χ0) is 14.2. The number of hydrogen-bond acceptors (Lipinski definition) is 1. The Hall–Kier alpha value is -0.930. The summed E-state index contributed by atoms with van der Waals surface area (Å²) in [5.41, 5.74) is 0.971. The van der Waals surface area contributed by atoms with E-state index in [4.69, 9.17) is 46.4 Å². The van der Waals surface area contributed by atoms with Crippen LogP contribution in [0.2, 0.25) is 20.1 Å². The maximum atomic E-state index is 11.2. The molecule has 0 unspecified atom stereocenters. The van der Waals surface area contributed by atoms with Crippen LogP contribution in [-0.2, 0) is 0 Å². The van der Waals surface area contributed by atoms with Crippen LogP contribution >= 0.6 is 46.4 Å². The highest BCUT2D eigenvalue weighted by molar-refractivity contribution is 6.44. The van der Waals surface area contributed by atoms with Gasteiger partial charge in [0.1, 0.15) is 0 Å². The molecule has 2 aromatic carbocycles. The molecule has 0 saturated carbocycles. The number of rotatable bonds is 2. The van der Waals surface area contributed by atoms with E-state index in [2.05, 4.69) is 0 Å². The van der Waals surface area contributed by atoms with E-state index in [0.29, 0.717) is 31.2 Å². The fourth-order valence-corrected chi connectivity index (χ4v) is 2.48. The van der Waals surface area contributed by atoms with E-state index in [0.717, 1.165) is 0 Å². The molecule has 2 aromatic rings. The van der Waals surface area contributed by atoms with E-state index in [1.54, 1.807) is 12.1 Å². The number of carboxylic acids is 1. The number of aromatic carboxylic acids is 1. The lowest BCUT2D eigenvalue weighted by atomic mass is 9.99. The average Bonchev–Trinajstić information content (AvgIpc) is 2.34. The van der Waals surface area contributed by atoms with Gasteiger partial charge in [0, 0.05) is 10.6 Å². The summed E-state index contributed by atoms with van der Waals surface area (Å²) in [7, 11) is 0. The molecule has 0 spiro atoms. The van der Waals surface area contributed by atoms with E-state index in [1.165, 1.54) is 18.2 Å². The molecule has 0 saturated heterocycles. The highest BCUT2D eigenvalue weighted by atomic mass is 35.5. The molecule has 0 aliphatic rings. The second kappa shape index (κ2) is 5.59. The summed E-state index contributed by atoms with van der Waals surface area (Å²) >= 11 is 23.7. The third-order valence-electron chi connectivity index (χ3n) is 2.51. The highest BCUT2D eigenvalue weighted by Gasteiger charge is 2.16. The van der Waals surface area contributed by atoms with Crippen LogP contribution in [0.4, 0.5) is 0 Å². The minimum atomic E-state index is -1.10. The van der Waals surface area contributed by atoms with Crippen LogP contribution in [0.5, 0.6) is 0 Å². The molecule has 0 aliphatic heterocycles. The predicted molar refractivity (Wildman–Crippen MR) is 78.9 cm³/mol. The van der Waals surface area contributed by atoms with Gasteiger partial charge in [0.25, 0.3) is 0 Å². The van der Waals surface area contributed by atoms with Crippen LogP contribution in [0.15, 0.2) is 30.3 Å². The summed E-state index contributed by atoms with van der Waals surface area (Å²) in [6.07, 6.45) is 0. The van der Waals surface area contributed by atoms with Gasteiger partial charge in [0.05, 0.1) is 20.6 Å². The highest BCUT2D eigenvalue weighted by Crippen LogP contribution is 2.37. The van der Waals surface area contributed by atoms with Gasteiger partial charge in [-0.15, -0.1) is 0 Å². The van der Waals surface area contributed by atoms with Crippen molar-refractivity contribution in [3.8, 4) is 11.1 Å². The minimum absolute atomic E-state index is 0.0489. The van der Waals surface area contributed by atoms with Gasteiger partial charge in [0.15, 0.2) is 0 Å². The predicted octanol–water partition coefficient (Wildman–Crippen LogP) is 5.67. The maximum absolute atomic E-state index is 11.2. The quantitative estimate of drug-likeness (QED) is 0.718. The molecule has 0 atom stereocenters. The minimum Gasteiger partial charge on any atom is -0.478 e. The van der Waals surface area contributed by atoms with Crippen molar-refractivity contribution < 1.29 is 9.90 Å². The summed E-state index contributed by atoms with van der Waals surface area (Å²) in [5, 5.41) is 10.5. The molecule has 0 heterocycles. The molecule has 2 nitrogen and oxygen atoms in total. The van der Waals surface area contributed by atoms with Crippen molar-refractivity contribution in [1.29, 1.82) is 0 Å². The van der Waals surface area contributed by atoms with Crippen molar-refractivity contribution in [1.82, 2.24) is 0 Å². The molecule has 2 rings (SSSR count). The van der Waals surface area contributed by atoms with Crippen molar-refractivity contribution in [3.63, 3.8) is 0 Å². The maximum Gasteiger partial charge on any atom is 0.336 e. The van der Waals surface area contributed by atoms with Gasteiger partial charge in [-0.05, 0) is 29.8 Å². The van der Waals surface area contributed by atoms with Crippen molar-refractivity contribution in [2.45, 2.75) is 0 Å². The van der Waals surface area contributed by atoms with Crippen LogP contribution in [0.25, 0.3) is 11.1 Å². The Kier molecular flexibility index (Phi) is 4.26.